The van der Waals surface area contributed by atoms with Crippen LogP contribution in [-0.4, -0.2) is 68.7 Å². The molecule has 14 nitrogen and oxygen atoms in total. The second-order valence-electron chi connectivity index (χ2n) is 10.3. The van der Waals surface area contributed by atoms with E-state index in [1.54, 1.807) is 27.7 Å². The van der Waals surface area contributed by atoms with Gasteiger partial charge in [-0.2, -0.15) is 0 Å². The number of nitrogens with zero attached hydrogens (tertiary/aromatic N) is 3. The lowest BCUT2D eigenvalue weighted by atomic mass is 9.95. The van der Waals surface area contributed by atoms with Gasteiger partial charge in [0.15, 0.2) is 17.9 Å². The van der Waals surface area contributed by atoms with Crippen LogP contribution in [0.25, 0.3) is 11.0 Å². The third-order valence-electron chi connectivity index (χ3n) is 6.21. The molecule has 2 amide bonds. The molecule has 1 aliphatic rings. The lowest BCUT2D eigenvalue weighted by Gasteiger charge is -2.34. The molecule has 2 aromatic rings. The summed E-state index contributed by atoms with van der Waals surface area (Å²) >= 11 is 0. The van der Waals surface area contributed by atoms with Gasteiger partial charge in [0.2, 0.25) is 11.8 Å². The van der Waals surface area contributed by atoms with Gasteiger partial charge in [0, 0.05) is 38.8 Å². The maximum absolute atomic E-state index is 12.7. The monoisotopic (exact) mass is 561 g/mol. The highest BCUT2D eigenvalue weighted by Gasteiger charge is 2.60. The van der Waals surface area contributed by atoms with Crippen molar-refractivity contribution in [2.45, 2.75) is 79.4 Å². The normalized spacial score (nSPS) is 22.3. The van der Waals surface area contributed by atoms with Gasteiger partial charge in [0.25, 0.3) is 0 Å². The first-order chi connectivity index (χ1) is 18.6. The van der Waals surface area contributed by atoms with E-state index in [-0.39, 0.29) is 47.4 Å². The number of ether oxygens (including phenoxy) is 4. The molecule has 3 rings (SSSR count). The fraction of sp³-hybridized carbons (Fsp3) is 0.577. The highest BCUT2D eigenvalue weighted by atomic mass is 16.7. The average Bonchev–Trinajstić information content (AvgIpc) is 3.32. The van der Waals surface area contributed by atoms with Gasteiger partial charge >= 0.3 is 17.9 Å². The van der Waals surface area contributed by atoms with Crippen LogP contribution in [0.15, 0.2) is 12.5 Å². The molecule has 3 heterocycles. The van der Waals surface area contributed by atoms with Gasteiger partial charge in [-0.15, -0.1) is 0 Å². The molecule has 0 bridgehead atoms. The lowest BCUT2D eigenvalue weighted by molar-refractivity contribution is -0.184. The maximum atomic E-state index is 12.7. The van der Waals surface area contributed by atoms with Crippen molar-refractivity contribution in [1.82, 2.24) is 14.5 Å². The van der Waals surface area contributed by atoms with Gasteiger partial charge in [-0.3, -0.25) is 28.5 Å². The zero-order valence-electron chi connectivity index (χ0n) is 23.8. The van der Waals surface area contributed by atoms with Gasteiger partial charge in [-0.1, -0.05) is 27.7 Å². The molecule has 1 saturated heterocycles. The molecule has 0 aromatic carbocycles. The Morgan fingerprint density at radius 1 is 0.975 bits per heavy atom. The molecule has 218 valence electrons. The van der Waals surface area contributed by atoms with Crippen molar-refractivity contribution in [3.63, 3.8) is 0 Å². The van der Waals surface area contributed by atoms with Crippen LogP contribution in [0, 0.1) is 11.8 Å². The summed E-state index contributed by atoms with van der Waals surface area (Å²) in [6, 6.07) is 0. The molecule has 0 radical (unpaired) electrons. The van der Waals surface area contributed by atoms with E-state index in [2.05, 4.69) is 20.6 Å². The summed E-state index contributed by atoms with van der Waals surface area (Å²) in [5, 5.41) is 5.88. The van der Waals surface area contributed by atoms with Crippen molar-refractivity contribution in [2.75, 3.05) is 17.2 Å². The van der Waals surface area contributed by atoms with E-state index in [9.17, 15) is 24.0 Å². The lowest BCUT2D eigenvalue weighted by Crippen LogP contribution is -2.50. The minimum absolute atomic E-state index is 0.140. The highest BCUT2D eigenvalue weighted by molar-refractivity contribution is 6.09. The summed E-state index contributed by atoms with van der Waals surface area (Å²) in [6.07, 6.45) is -0.671. The molecule has 2 N–H and O–H groups in total. The SMILES string of the molecule is CC(=O)OCC1OC(n2cc(NC(=O)C(C)C)c3c(NC(=O)C(C)C)ncnc32)C(C)(OC(C)=O)C1OC(C)=O. The van der Waals surface area contributed by atoms with Crippen LogP contribution in [0.3, 0.4) is 0 Å². The number of fused-ring (bicyclic) bond motifs is 1. The second-order valence-corrected chi connectivity index (χ2v) is 10.3. The smallest absolute Gasteiger partial charge is 0.303 e. The van der Waals surface area contributed by atoms with Crippen LogP contribution in [0.5, 0.6) is 0 Å². The summed E-state index contributed by atoms with van der Waals surface area (Å²) in [7, 11) is 0. The van der Waals surface area contributed by atoms with E-state index in [1.165, 1.54) is 44.8 Å². The molecule has 14 heteroatoms. The number of rotatable bonds is 9. The van der Waals surface area contributed by atoms with Crippen molar-refractivity contribution in [3.8, 4) is 0 Å². The Bertz CT molecular complexity index is 1320. The summed E-state index contributed by atoms with van der Waals surface area (Å²) in [4.78, 5) is 69.8. The first-order valence-corrected chi connectivity index (χ1v) is 12.8. The Balaban J connectivity index is 2.25. The largest absolute Gasteiger partial charge is 0.463 e. The number of nitrogens with one attached hydrogen (secondary N) is 2. The zero-order valence-corrected chi connectivity index (χ0v) is 23.8. The number of amides is 2. The number of carbonyl (C=O) groups excluding carboxylic acids is 5. The Morgan fingerprint density at radius 3 is 2.15 bits per heavy atom. The molecular formula is C26H35N5O9. The average molecular weight is 562 g/mol. The molecule has 40 heavy (non-hydrogen) atoms. The molecule has 0 aliphatic carbocycles. The van der Waals surface area contributed by atoms with Crippen LogP contribution in [0.4, 0.5) is 11.5 Å². The summed E-state index contributed by atoms with van der Waals surface area (Å²) in [5.74, 6) is -3.19. The van der Waals surface area contributed by atoms with Gasteiger partial charge in [-0.25, -0.2) is 9.97 Å². The van der Waals surface area contributed by atoms with E-state index >= 15 is 0 Å². The molecule has 0 saturated carbocycles. The number of carbonyl (C=O) groups is 5. The van der Waals surface area contributed by atoms with Crippen LogP contribution in [-0.2, 0) is 42.9 Å². The van der Waals surface area contributed by atoms with Gasteiger partial charge in [0.1, 0.15) is 30.5 Å². The molecular weight excluding hydrogens is 526 g/mol. The van der Waals surface area contributed by atoms with Gasteiger partial charge in [0.05, 0.1) is 11.1 Å². The van der Waals surface area contributed by atoms with Crippen LogP contribution < -0.4 is 10.6 Å². The number of aromatic nitrogens is 3. The minimum atomic E-state index is -1.64. The third kappa shape index (κ3) is 6.38. The Labute approximate surface area is 231 Å². The number of hydrogen-bond acceptors (Lipinski definition) is 11. The Morgan fingerprint density at radius 2 is 1.60 bits per heavy atom. The summed E-state index contributed by atoms with van der Waals surface area (Å²) in [5.41, 5.74) is -1.17. The van der Waals surface area contributed by atoms with E-state index in [1.807, 2.05) is 0 Å². The molecule has 4 atom stereocenters. The van der Waals surface area contributed by atoms with Crippen molar-refractivity contribution < 1.29 is 42.9 Å². The predicted molar refractivity (Wildman–Crippen MR) is 141 cm³/mol. The molecule has 4 unspecified atom stereocenters. The molecule has 1 fully saturated rings. The maximum Gasteiger partial charge on any atom is 0.303 e. The number of hydrogen-bond donors (Lipinski definition) is 2. The van der Waals surface area contributed by atoms with Crippen molar-refractivity contribution in [2.24, 2.45) is 11.8 Å². The van der Waals surface area contributed by atoms with Crippen LogP contribution >= 0.6 is 0 Å². The van der Waals surface area contributed by atoms with Crippen LogP contribution in [0.2, 0.25) is 0 Å². The summed E-state index contributed by atoms with van der Waals surface area (Å²) < 4.78 is 24.1. The van der Waals surface area contributed by atoms with Crippen molar-refractivity contribution >= 4 is 52.3 Å². The Kier molecular flexibility index (Phi) is 9.13. The molecule has 2 aromatic heterocycles. The summed E-state index contributed by atoms with van der Waals surface area (Å²) in [6.45, 7) is 11.7. The fourth-order valence-corrected chi connectivity index (χ4v) is 4.33. The van der Waals surface area contributed by atoms with E-state index < -0.39 is 41.9 Å². The van der Waals surface area contributed by atoms with E-state index in [0.29, 0.717) is 5.39 Å². The standard InChI is InChI=1S/C26H35N5O9/c1-12(2)23(35)29-17-9-31(22-19(17)21(27-11-28-22)30-24(36)13(3)4)25-26(8,40-16(7)34)20(38-15(6)33)18(39-25)10-37-14(5)32/h9,11-13,18,20,25H,10H2,1-8H3,(H,29,35)(H,27,28,30,36). The molecule has 0 spiro atoms. The van der Waals surface area contributed by atoms with Gasteiger partial charge < -0.3 is 29.6 Å². The topological polar surface area (TPSA) is 177 Å². The second kappa shape index (κ2) is 12.0. The van der Waals surface area contributed by atoms with E-state index in [0.717, 1.165) is 0 Å². The van der Waals surface area contributed by atoms with Crippen molar-refractivity contribution in [1.29, 1.82) is 0 Å². The quantitative estimate of drug-likeness (QED) is 0.339. The first-order valence-electron chi connectivity index (χ1n) is 12.8. The minimum Gasteiger partial charge on any atom is -0.463 e. The van der Waals surface area contributed by atoms with Crippen molar-refractivity contribution in [3.05, 3.63) is 12.5 Å². The number of esters is 3. The molecule has 1 aliphatic heterocycles. The number of anilines is 2. The zero-order chi connectivity index (χ0) is 29.9. The predicted octanol–water partition coefficient (Wildman–Crippen LogP) is 2.33. The highest BCUT2D eigenvalue weighted by Crippen LogP contribution is 2.46. The Hall–Kier alpha value is -4.07. The fourth-order valence-electron chi connectivity index (χ4n) is 4.33. The van der Waals surface area contributed by atoms with Gasteiger partial charge in [-0.05, 0) is 6.92 Å². The van der Waals surface area contributed by atoms with E-state index in [4.69, 9.17) is 18.9 Å². The third-order valence-corrected chi connectivity index (χ3v) is 6.21. The first kappa shape index (κ1) is 30.5. The van der Waals surface area contributed by atoms with Crippen LogP contribution in [0.1, 0.15) is 61.6 Å².